The van der Waals surface area contributed by atoms with Crippen LogP contribution in [0.15, 0.2) is 22.7 Å². The van der Waals surface area contributed by atoms with E-state index in [2.05, 4.69) is 33.1 Å². The van der Waals surface area contributed by atoms with Crippen LogP contribution >= 0.6 is 28.1 Å². The van der Waals surface area contributed by atoms with Gasteiger partial charge in [0.1, 0.15) is 5.75 Å². The number of hydrogen-bond acceptors (Lipinski definition) is 3. The van der Waals surface area contributed by atoms with Gasteiger partial charge in [0.05, 0.1) is 11.1 Å². The second-order valence-electron chi connectivity index (χ2n) is 5.51. The third-order valence-corrected chi connectivity index (χ3v) is 4.77. The van der Waals surface area contributed by atoms with Gasteiger partial charge in [-0.15, -0.1) is 0 Å². The zero-order valence-electron chi connectivity index (χ0n) is 12.9. The maximum atomic E-state index is 12.3. The minimum atomic E-state index is -0.188. The van der Waals surface area contributed by atoms with Gasteiger partial charge in [0.25, 0.3) is 5.91 Å². The molecule has 0 unspecified atom stereocenters. The van der Waals surface area contributed by atoms with Crippen molar-refractivity contribution in [1.29, 1.82) is 0 Å². The van der Waals surface area contributed by atoms with Gasteiger partial charge in [0.15, 0.2) is 5.11 Å². The van der Waals surface area contributed by atoms with Gasteiger partial charge in [-0.2, -0.15) is 0 Å². The second-order valence-corrected chi connectivity index (χ2v) is 6.75. The lowest BCUT2D eigenvalue weighted by molar-refractivity contribution is 0.0972. The van der Waals surface area contributed by atoms with Crippen LogP contribution in [0.2, 0.25) is 0 Å². The van der Waals surface area contributed by atoms with Crippen molar-refractivity contribution in [2.45, 2.75) is 26.7 Å². The molecule has 1 heterocycles. The second kappa shape index (κ2) is 7.92. The van der Waals surface area contributed by atoms with Crippen LogP contribution in [0.4, 0.5) is 0 Å². The standard InChI is InChI=1S/C16H21BrN2O2S/c1-3-21-14-5-4-12(10-13(14)17)15(20)18-16(22)19-8-6-11(2)7-9-19/h4-5,10-11H,3,6-9H2,1-2H3,(H,18,20,22). The predicted molar refractivity (Wildman–Crippen MR) is 95.3 cm³/mol. The monoisotopic (exact) mass is 384 g/mol. The van der Waals surface area contributed by atoms with Crippen LogP contribution in [-0.2, 0) is 0 Å². The third kappa shape index (κ3) is 4.43. The van der Waals surface area contributed by atoms with Crippen molar-refractivity contribution in [3.8, 4) is 5.75 Å². The fourth-order valence-electron chi connectivity index (χ4n) is 2.37. The van der Waals surface area contributed by atoms with Gasteiger partial charge in [-0.1, -0.05) is 6.92 Å². The summed E-state index contributed by atoms with van der Waals surface area (Å²) in [5.74, 6) is 1.27. The van der Waals surface area contributed by atoms with Crippen molar-refractivity contribution >= 4 is 39.2 Å². The summed E-state index contributed by atoms with van der Waals surface area (Å²) < 4.78 is 6.21. The topological polar surface area (TPSA) is 41.6 Å². The maximum absolute atomic E-state index is 12.3. The first kappa shape index (κ1) is 17.2. The highest BCUT2D eigenvalue weighted by Crippen LogP contribution is 2.26. The molecule has 0 spiro atoms. The van der Waals surface area contributed by atoms with Gasteiger partial charge in [-0.05, 0) is 72.0 Å². The molecule has 1 N–H and O–H groups in total. The summed E-state index contributed by atoms with van der Waals surface area (Å²) in [5.41, 5.74) is 0.558. The molecule has 1 fully saturated rings. The van der Waals surface area contributed by atoms with Gasteiger partial charge in [0.2, 0.25) is 0 Å². The van der Waals surface area contributed by atoms with E-state index in [0.29, 0.717) is 17.3 Å². The number of amides is 1. The van der Waals surface area contributed by atoms with E-state index in [1.807, 2.05) is 6.92 Å². The van der Waals surface area contributed by atoms with E-state index in [9.17, 15) is 4.79 Å². The molecule has 4 nitrogen and oxygen atoms in total. The van der Waals surface area contributed by atoms with Crippen molar-refractivity contribution < 1.29 is 9.53 Å². The molecule has 1 aromatic carbocycles. The fraction of sp³-hybridized carbons (Fsp3) is 0.500. The number of rotatable bonds is 3. The number of hydrogen-bond donors (Lipinski definition) is 1. The molecule has 0 bridgehead atoms. The number of carbonyl (C=O) groups is 1. The smallest absolute Gasteiger partial charge is 0.257 e. The molecule has 1 aromatic rings. The van der Waals surface area contributed by atoms with Crippen molar-refractivity contribution in [1.82, 2.24) is 10.2 Å². The van der Waals surface area contributed by atoms with Crippen molar-refractivity contribution in [3.63, 3.8) is 0 Å². The Morgan fingerprint density at radius 1 is 1.45 bits per heavy atom. The Balaban J connectivity index is 1.97. The quantitative estimate of drug-likeness (QED) is 0.808. The average molecular weight is 385 g/mol. The molecule has 0 atom stereocenters. The maximum Gasteiger partial charge on any atom is 0.257 e. The molecular formula is C16H21BrN2O2S. The number of likely N-dealkylation sites (tertiary alicyclic amines) is 1. The summed E-state index contributed by atoms with van der Waals surface area (Å²) >= 11 is 8.76. The van der Waals surface area contributed by atoms with E-state index >= 15 is 0 Å². The molecule has 1 aliphatic heterocycles. The molecule has 1 amide bonds. The van der Waals surface area contributed by atoms with Gasteiger partial charge in [-0.25, -0.2) is 0 Å². The number of ether oxygens (including phenoxy) is 1. The highest BCUT2D eigenvalue weighted by molar-refractivity contribution is 9.10. The van der Waals surface area contributed by atoms with Crippen LogP contribution in [0.5, 0.6) is 5.75 Å². The molecule has 2 rings (SSSR count). The van der Waals surface area contributed by atoms with Gasteiger partial charge < -0.3 is 9.64 Å². The highest BCUT2D eigenvalue weighted by Gasteiger charge is 2.19. The first-order valence-electron chi connectivity index (χ1n) is 7.54. The zero-order chi connectivity index (χ0) is 16.1. The number of benzene rings is 1. The van der Waals surface area contributed by atoms with Crippen LogP contribution in [-0.4, -0.2) is 35.6 Å². The van der Waals surface area contributed by atoms with E-state index in [4.69, 9.17) is 17.0 Å². The van der Waals surface area contributed by atoms with Crippen LogP contribution in [0.3, 0.4) is 0 Å². The molecule has 6 heteroatoms. The first-order valence-corrected chi connectivity index (χ1v) is 8.74. The number of halogens is 1. The summed E-state index contributed by atoms with van der Waals surface area (Å²) in [6.45, 7) is 6.57. The van der Waals surface area contributed by atoms with E-state index < -0.39 is 0 Å². The van der Waals surface area contributed by atoms with Crippen molar-refractivity contribution in [2.24, 2.45) is 5.92 Å². The number of nitrogens with zero attached hydrogens (tertiary/aromatic N) is 1. The van der Waals surface area contributed by atoms with E-state index in [1.165, 1.54) is 0 Å². The van der Waals surface area contributed by atoms with Gasteiger partial charge in [0, 0.05) is 18.7 Å². The summed E-state index contributed by atoms with van der Waals surface area (Å²) in [7, 11) is 0. The summed E-state index contributed by atoms with van der Waals surface area (Å²) in [5, 5.41) is 3.33. The number of carbonyl (C=O) groups excluding carboxylic acids is 1. The lowest BCUT2D eigenvalue weighted by Gasteiger charge is -2.32. The van der Waals surface area contributed by atoms with Crippen molar-refractivity contribution in [3.05, 3.63) is 28.2 Å². The largest absolute Gasteiger partial charge is 0.493 e. The molecule has 0 radical (unpaired) electrons. The van der Waals surface area contributed by atoms with Crippen LogP contribution in [0.1, 0.15) is 37.0 Å². The molecule has 1 aliphatic rings. The van der Waals surface area contributed by atoms with Crippen LogP contribution in [0, 0.1) is 5.92 Å². The SMILES string of the molecule is CCOc1ccc(C(=O)NC(=S)N2CCC(C)CC2)cc1Br. The minimum absolute atomic E-state index is 0.188. The third-order valence-electron chi connectivity index (χ3n) is 3.79. The van der Waals surface area contributed by atoms with Crippen LogP contribution in [0.25, 0.3) is 0 Å². The lowest BCUT2D eigenvalue weighted by Crippen LogP contribution is -2.46. The summed E-state index contributed by atoms with van der Waals surface area (Å²) in [6, 6.07) is 5.28. The Bertz CT molecular complexity index is 557. The molecule has 1 saturated heterocycles. The molecule has 120 valence electrons. The summed E-state index contributed by atoms with van der Waals surface area (Å²) in [4.78, 5) is 14.4. The Labute approximate surface area is 145 Å². The normalized spacial score (nSPS) is 15.5. The number of thiocarbonyl (C=S) groups is 1. The average Bonchev–Trinajstić information content (AvgIpc) is 2.50. The molecular weight excluding hydrogens is 364 g/mol. The van der Waals surface area contributed by atoms with E-state index in [1.54, 1.807) is 18.2 Å². The van der Waals surface area contributed by atoms with Gasteiger partial charge in [-0.3, -0.25) is 10.1 Å². The first-order chi connectivity index (χ1) is 10.5. The summed E-state index contributed by atoms with van der Waals surface area (Å²) in [6.07, 6.45) is 2.23. The van der Waals surface area contributed by atoms with E-state index in [-0.39, 0.29) is 5.91 Å². The minimum Gasteiger partial charge on any atom is -0.493 e. The van der Waals surface area contributed by atoms with Gasteiger partial charge >= 0.3 is 0 Å². The predicted octanol–water partition coefficient (Wildman–Crippen LogP) is 3.59. The molecule has 0 saturated carbocycles. The Hall–Kier alpha value is -1.14. The zero-order valence-corrected chi connectivity index (χ0v) is 15.3. The van der Waals surface area contributed by atoms with Crippen LogP contribution < -0.4 is 10.1 Å². The van der Waals surface area contributed by atoms with Crippen molar-refractivity contribution in [2.75, 3.05) is 19.7 Å². The fourth-order valence-corrected chi connectivity index (χ4v) is 3.14. The Morgan fingerprint density at radius 2 is 2.14 bits per heavy atom. The Kier molecular flexibility index (Phi) is 6.20. The molecule has 0 aliphatic carbocycles. The molecule has 0 aromatic heterocycles. The van der Waals surface area contributed by atoms with E-state index in [0.717, 1.165) is 42.1 Å². The highest BCUT2D eigenvalue weighted by atomic mass is 79.9. The molecule has 22 heavy (non-hydrogen) atoms. The number of piperidine rings is 1. The Morgan fingerprint density at radius 3 is 2.73 bits per heavy atom. The lowest BCUT2D eigenvalue weighted by atomic mass is 10.00. The number of nitrogens with one attached hydrogen (secondary N) is 1.